The highest BCUT2D eigenvalue weighted by Gasteiger charge is 2.18. The molecule has 0 aliphatic carbocycles. The molecule has 0 unspecified atom stereocenters. The molecule has 0 aliphatic rings. The van der Waals surface area contributed by atoms with E-state index < -0.39 is 0 Å². The van der Waals surface area contributed by atoms with Gasteiger partial charge in [-0.05, 0) is 23.8 Å². The summed E-state index contributed by atoms with van der Waals surface area (Å²) in [7, 11) is 0. The van der Waals surface area contributed by atoms with Crippen molar-refractivity contribution in [3.8, 4) is 45.3 Å². The van der Waals surface area contributed by atoms with Crippen LogP contribution in [0.15, 0.2) is 144 Å². The minimum Gasteiger partial charge on any atom is -0.455 e. The van der Waals surface area contributed by atoms with Gasteiger partial charge in [0, 0.05) is 53.2 Å². The molecule has 0 spiro atoms. The van der Waals surface area contributed by atoms with Crippen molar-refractivity contribution >= 4 is 53.4 Å². The summed E-state index contributed by atoms with van der Waals surface area (Å²) in [6.07, 6.45) is 0. The van der Waals surface area contributed by atoms with Crippen molar-refractivity contribution in [3.63, 3.8) is 0 Å². The predicted octanol–water partition coefficient (Wildman–Crippen LogP) is 10.8. The van der Waals surface area contributed by atoms with Crippen molar-refractivity contribution in [2.75, 3.05) is 0 Å². The number of nitrogens with zero attached hydrogens (tertiary/aromatic N) is 3. The van der Waals surface area contributed by atoms with Gasteiger partial charge in [0.05, 0.1) is 0 Å². The van der Waals surface area contributed by atoms with Crippen LogP contribution in [0, 0.1) is 0 Å². The minimum atomic E-state index is 0.659. The normalized spacial score (nSPS) is 11.6. The van der Waals surface area contributed by atoms with Gasteiger partial charge >= 0.3 is 0 Å². The lowest BCUT2D eigenvalue weighted by molar-refractivity contribution is 0.670. The van der Waals surface area contributed by atoms with E-state index in [1.807, 2.05) is 72.8 Å². The van der Waals surface area contributed by atoms with Gasteiger partial charge in [-0.15, -0.1) is 11.3 Å². The molecular formula is C39H23N3OS. The lowest BCUT2D eigenvalue weighted by atomic mass is 10.00. The zero-order valence-corrected chi connectivity index (χ0v) is 24.3. The van der Waals surface area contributed by atoms with Crippen LogP contribution in [0.2, 0.25) is 0 Å². The Kier molecular flexibility index (Phi) is 5.64. The average molecular weight is 582 g/mol. The summed E-state index contributed by atoms with van der Waals surface area (Å²) in [5.41, 5.74) is 6.97. The summed E-state index contributed by atoms with van der Waals surface area (Å²) >= 11 is 1.79. The van der Waals surface area contributed by atoms with E-state index in [4.69, 9.17) is 19.4 Å². The Morgan fingerprint density at radius 1 is 0.432 bits per heavy atom. The third-order valence-electron chi connectivity index (χ3n) is 8.15. The highest BCUT2D eigenvalue weighted by atomic mass is 32.1. The molecule has 0 atom stereocenters. The van der Waals surface area contributed by atoms with Gasteiger partial charge in [-0.1, -0.05) is 121 Å². The van der Waals surface area contributed by atoms with Crippen molar-refractivity contribution in [1.29, 1.82) is 0 Å². The van der Waals surface area contributed by atoms with E-state index >= 15 is 0 Å². The maximum Gasteiger partial charge on any atom is 0.164 e. The smallest absolute Gasteiger partial charge is 0.164 e. The molecule has 0 N–H and O–H groups in total. The molecule has 0 fully saturated rings. The van der Waals surface area contributed by atoms with Crippen molar-refractivity contribution in [2.24, 2.45) is 0 Å². The summed E-state index contributed by atoms with van der Waals surface area (Å²) in [5.74, 6) is 1.98. The lowest BCUT2D eigenvalue weighted by Gasteiger charge is -2.09. The molecule has 5 heteroatoms. The van der Waals surface area contributed by atoms with Gasteiger partial charge < -0.3 is 4.42 Å². The molecule has 3 heterocycles. The average Bonchev–Trinajstić information content (AvgIpc) is 3.67. The predicted molar refractivity (Wildman–Crippen MR) is 182 cm³/mol. The van der Waals surface area contributed by atoms with Gasteiger partial charge in [0.2, 0.25) is 0 Å². The zero-order chi connectivity index (χ0) is 29.0. The van der Waals surface area contributed by atoms with E-state index in [0.29, 0.717) is 17.5 Å². The first-order chi connectivity index (χ1) is 21.8. The maximum atomic E-state index is 6.36. The Bertz CT molecular complexity index is 2440. The van der Waals surface area contributed by atoms with E-state index in [1.54, 1.807) is 11.3 Å². The van der Waals surface area contributed by atoms with E-state index in [0.717, 1.165) is 55.1 Å². The summed E-state index contributed by atoms with van der Waals surface area (Å²) in [6, 6.07) is 47.9. The van der Waals surface area contributed by atoms with E-state index in [1.165, 1.54) is 14.8 Å². The first-order valence-electron chi connectivity index (χ1n) is 14.5. The van der Waals surface area contributed by atoms with Crippen LogP contribution in [0.5, 0.6) is 0 Å². The summed E-state index contributed by atoms with van der Waals surface area (Å²) in [4.78, 5) is 14.9. The van der Waals surface area contributed by atoms with Crippen LogP contribution >= 0.6 is 11.3 Å². The van der Waals surface area contributed by atoms with Crippen molar-refractivity contribution in [2.45, 2.75) is 0 Å². The number of thiophene rings is 1. The zero-order valence-electron chi connectivity index (χ0n) is 23.4. The molecule has 0 saturated heterocycles. The van der Waals surface area contributed by atoms with Gasteiger partial charge in [-0.2, -0.15) is 0 Å². The molecular weight excluding hydrogens is 559 g/mol. The standard InChI is InChI=1S/C39H23N3OS/c1-3-11-24(12-4-1)37-40-38(25-13-5-2-6-14-25)42-39(41-37)31-18-10-20-33-35(31)30-22-21-26(23-34(30)44-33)27-16-9-17-29-28-15-7-8-19-32(28)43-36(27)29/h1-23H. The SMILES string of the molecule is c1ccc(-c2nc(-c3ccccc3)nc(-c3cccc4sc5cc(-c6cccc7c6oc6ccccc67)ccc5c34)n2)cc1. The Labute approximate surface area is 256 Å². The number of aromatic nitrogens is 3. The van der Waals surface area contributed by atoms with E-state index in [9.17, 15) is 0 Å². The molecule has 9 rings (SSSR count). The van der Waals surface area contributed by atoms with E-state index in [2.05, 4.69) is 66.7 Å². The molecule has 3 aromatic heterocycles. The second-order valence-electron chi connectivity index (χ2n) is 10.8. The van der Waals surface area contributed by atoms with Gasteiger partial charge in [-0.3, -0.25) is 0 Å². The summed E-state index contributed by atoms with van der Waals surface area (Å²) in [6.45, 7) is 0. The van der Waals surface area contributed by atoms with E-state index in [-0.39, 0.29) is 0 Å². The molecule has 0 amide bonds. The second kappa shape index (κ2) is 9.97. The summed E-state index contributed by atoms with van der Waals surface area (Å²) in [5, 5.41) is 4.61. The fourth-order valence-electron chi connectivity index (χ4n) is 6.08. The van der Waals surface area contributed by atoms with Gasteiger partial charge in [0.1, 0.15) is 11.2 Å². The largest absolute Gasteiger partial charge is 0.455 e. The number of para-hydroxylation sites is 2. The highest BCUT2D eigenvalue weighted by Crippen LogP contribution is 2.43. The maximum absolute atomic E-state index is 6.36. The fourth-order valence-corrected chi connectivity index (χ4v) is 7.25. The van der Waals surface area contributed by atoms with Crippen LogP contribution in [0.1, 0.15) is 0 Å². The van der Waals surface area contributed by atoms with Gasteiger partial charge in [0.25, 0.3) is 0 Å². The van der Waals surface area contributed by atoms with Crippen molar-refractivity contribution in [1.82, 2.24) is 15.0 Å². The van der Waals surface area contributed by atoms with Crippen LogP contribution in [-0.4, -0.2) is 15.0 Å². The number of furan rings is 1. The van der Waals surface area contributed by atoms with Crippen molar-refractivity contribution < 1.29 is 4.42 Å². The topological polar surface area (TPSA) is 51.8 Å². The monoisotopic (exact) mass is 581 g/mol. The molecule has 0 aliphatic heterocycles. The van der Waals surface area contributed by atoms with Crippen LogP contribution in [0.4, 0.5) is 0 Å². The molecule has 206 valence electrons. The van der Waals surface area contributed by atoms with Crippen LogP contribution in [-0.2, 0) is 0 Å². The lowest BCUT2D eigenvalue weighted by Crippen LogP contribution is -2.00. The molecule has 0 saturated carbocycles. The number of fused-ring (bicyclic) bond motifs is 6. The Morgan fingerprint density at radius 2 is 1.07 bits per heavy atom. The Hall–Kier alpha value is -5.65. The third kappa shape index (κ3) is 4.02. The molecule has 6 aromatic carbocycles. The summed E-state index contributed by atoms with van der Waals surface area (Å²) < 4.78 is 8.76. The first-order valence-corrected chi connectivity index (χ1v) is 15.3. The van der Waals surface area contributed by atoms with Crippen molar-refractivity contribution in [3.05, 3.63) is 140 Å². The molecule has 0 bridgehead atoms. The number of benzene rings is 6. The molecule has 4 nitrogen and oxygen atoms in total. The first kappa shape index (κ1) is 24.9. The Morgan fingerprint density at radius 3 is 1.84 bits per heavy atom. The second-order valence-corrected chi connectivity index (χ2v) is 11.9. The molecule has 0 radical (unpaired) electrons. The minimum absolute atomic E-state index is 0.659. The van der Waals surface area contributed by atoms with Gasteiger partial charge in [-0.25, -0.2) is 15.0 Å². The van der Waals surface area contributed by atoms with Gasteiger partial charge in [0.15, 0.2) is 17.5 Å². The van der Waals surface area contributed by atoms with Crippen LogP contribution in [0.3, 0.4) is 0 Å². The fraction of sp³-hybridized carbons (Fsp3) is 0. The highest BCUT2D eigenvalue weighted by molar-refractivity contribution is 7.26. The number of hydrogen-bond acceptors (Lipinski definition) is 5. The Balaban J connectivity index is 1.24. The van der Waals surface area contributed by atoms with Crippen LogP contribution < -0.4 is 0 Å². The van der Waals surface area contributed by atoms with Crippen LogP contribution in [0.25, 0.3) is 87.4 Å². The number of rotatable bonds is 4. The quantitative estimate of drug-likeness (QED) is 0.207. The third-order valence-corrected chi connectivity index (χ3v) is 9.27. The molecule has 9 aromatic rings. The molecule has 44 heavy (non-hydrogen) atoms. The number of hydrogen-bond donors (Lipinski definition) is 0.